The molecule has 0 spiro atoms. The van der Waals surface area contributed by atoms with Gasteiger partial charge in [0.1, 0.15) is 0 Å². The molecule has 0 amide bonds. The van der Waals surface area contributed by atoms with Gasteiger partial charge in [-0.2, -0.15) is 13.2 Å². The van der Waals surface area contributed by atoms with Gasteiger partial charge in [-0.25, -0.2) is 0 Å². The van der Waals surface area contributed by atoms with Crippen LogP contribution in [0, 0.1) is 0 Å². The minimum atomic E-state index is -4.30. The Morgan fingerprint density at radius 1 is 1.21 bits per heavy atom. The minimum Gasteiger partial charge on any atom is -0.376 e. The van der Waals surface area contributed by atoms with E-state index in [1.165, 1.54) is 12.1 Å². The standard InChI is InChI=1S/C13H15F3N2S/c14-13(15,16)10-6-4-9(5-7-10)11-3-1-2-8-18(11)12(17)19/h4-7,11H,1-3,8H2,(H2,17,19). The summed E-state index contributed by atoms with van der Waals surface area (Å²) in [5.41, 5.74) is 5.87. The van der Waals surface area contributed by atoms with Crippen LogP contribution in [0.5, 0.6) is 0 Å². The van der Waals surface area contributed by atoms with E-state index < -0.39 is 11.7 Å². The first-order valence-corrected chi connectivity index (χ1v) is 6.53. The van der Waals surface area contributed by atoms with Gasteiger partial charge in [0.15, 0.2) is 5.11 Å². The summed E-state index contributed by atoms with van der Waals surface area (Å²) in [6.07, 6.45) is -1.39. The molecule has 19 heavy (non-hydrogen) atoms. The molecule has 0 saturated carbocycles. The van der Waals surface area contributed by atoms with Gasteiger partial charge < -0.3 is 10.6 Å². The first kappa shape index (κ1) is 14.1. The van der Waals surface area contributed by atoms with E-state index in [2.05, 4.69) is 0 Å². The number of halogens is 3. The maximum atomic E-state index is 12.5. The van der Waals surface area contributed by atoms with Crippen molar-refractivity contribution in [2.75, 3.05) is 6.54 Å². The van der Waals surface area contributed by atoms with Gasteiger partial charge >= 0.3 is 6.18 Å². The Hall–Kier alpha value is -1.30. The van der Waals surface area contributed by atoms with Crippen molar-refractivity contribution in [1.82, 2.24) is 4.90 Å². The van der Waals surface area contributed by atoms with Crippen LogP contribution in [0.15, 0.2) is 24.3 Å². The van der Waals surface area contributed by atoms with Gasteiger partial charge in [0.2, 0.25) is 0 Å². The van der Waals surface area contributed by atoms with Gasteiger partial charge in [-0.3, -0.25) is 0 Å². The molecule has 2 nitrogen and oxygen atoms in total. The van der Waals surface area contributed by atoms with Crippen LogP contribution in [0.1, 0.15) is 36.4 Å². The Balaban J connectivity index is 2.23. The van der Waals surface area contributed by atoms with E-state index in [1.54, 1.807) is 0 Å². The largest absolute Gasteiger partial charge is 0.416 e. The molecule has 1 atom stereocenters. The van der Waals surface area contributed by atoms with Crippen LogP contribution in [-0.2, 0) is 6.18 Å². The second-order valence-corrected chi connectivity index (χ2v) is 5.08. The number of hydrogen-bond acceptors (Lipinski definition) is 1. The van der Waals surface area contributed by atoms with Crippen LogP contribution < -0.4 is 5.73 Å². The van der Waals surface area contributed by atoms with E-state index in [-0.39, 0.29) is 6.04 Å². The fourth-order valence-electron chi connectivity index (χ4n) is 2.44. The molecule has 104 valence electrons. The van der Waals surface area contributed by atoms with Gasteiger partial charge in [0.05, 0.1) is 11.6 Å². The number of rotatable bonds is 1. The second kappa shape index (κ2) is 5.36. The average Bonchev–Trinajstić information content (AvgIpc) is 2.38. The van der Waals surface area contributed by atoms with Crippen molar-refractivity contribution in [3.05, 3.63) is 35.4 Å². The molecule has 1 aromatic rings. The summed E-state index contributed by atoms with van der Waals surface area (Å²) in [5, 5.41) is 0.310. The van der Waals surface area contributed by atoms with Gasteiger partial charge in [-0.15, -0.1) is 0 Å². The Labute approximate surface area is 115 Å². The number of alkyl halides is 3. The molecule has 0 aliphatic carbocycles. The zero-order valence-electron chi connectivity index (χ0n) is 10.3. The van der Waals surface area contributed by atoms with E-state index >= 15 is 0 Å². The summed E-state index contributed by atoms with van der Waals surface area (Å²) in [6, 6.07) is 5.26. The summed E-state index contributed by atoms with van der Waals surface area (Å²) in [4.78, 5) is 1.89. The molecule has 1 aliphatic rings. The molecule has 1 saturated heterocycles. The predicted octanol–water partition coefficient (Wildman–Crippen LogP) is 3.48. The van der Waals surface area contributed by atoms with Gasteiger partial charge in [-0.1, -0.05) is 12.1 Å². The zero-order valence-corrected chi connectivity index (χ0v) is 11.1. The highest BCUT2D eigenvalue weighted by Gasteiger charge is 2.31. The van der Waals surface area contributed by atoms with Gasteiger partial charge in [0, 0.05) is 6.54 Å². The van der Waals surface area contributed by atoms with Crippen LogP contribution in [0.3, 0.4) is 0 Å². The average molecular weight is 288 g/mol. The summed E-state index contributed by atoms with van der Waals surface area (Å²) < 4.78 is 37.5. The Morgan fingerprint density at radius 3 is 2.37 bits per heavy atom. The normalized spacial score (nSPS) is 20.4. The Kier molecular flexibility index (Phi) is 3.99. The van der Waals surface area contributed by atoms with Gasteiger partial charge in [-0.05, 0) is 49.2 Å². The Morgan fingerprint density at radius 2 is 1.84 bits per heavy atom. The van der Waals surface area contributed by atoms with Crippen LogP contribution >= 0.6 is 12.2 Å². The van der Waals surface area contributed by atoms with Crippen LogP contribution in [0.25, 0.3) is 0 Å². The Bertz CT molecular complexity index is 456. The number of nitrogens with two attached hydrogens (primary N) is 1. The SMILES string of the molecule is NC(=S)N1CCCCC1c1ccc(C(F)(F)F)cc1. The third-order valence-electron chi connectivity index (χ3n) is 3.41. The monoisotopic (exact) mass is 288 g/mol. The number of nitrogens with zero attached hydrogens (tertiary/aromatic N) is 1. The molecule has 1 aromatic carbocycles. The fraction of sp³-hybridized carbons (Fsp3) is 0.462. The molecular weight excluding hydrogens is 273 g/mol. The maximum absolute atomic E-state index is 12.5. The number of piperidine rings is 1. The molecule has 2 rings (SSSR count). The van der Waals surface area contributed by atoms with Crippen molar-refractivity contribution in [2.24, 2.45) is 5.73 Å². The molecule has 1 fully saturated rings. The van der Waals surface area contributed by atoms with E-state index in [1.807, 2.05) is 4.90 Å². The first-order chi connectivity index (χ1) is 8.89. The predicted molar refractivity (Wildman–Crippen MR) is 71.5 cm³/mol. The summed E-state index contributed by atoms with van der Waals surface area (Å²) in [6.45, 7) is 0.765. The fourth-order valence-corrected chi connectivity index (χ4v) is 2.65. The molecule has 1 heterocycles. The number of benzene rings is 1. The lowest BCUT2D eigenvalue weighted by molar-refractivity contribution is -0.137. The lowest BCUT2D eigenvalue weighted by atomic mass is 9.95. The third kappa shape index (κ3) is 3.18. The summed E-state index contributed by atoms with van der Waals surface area (Å²) >= 11 is 5.00. The number of likely N-dealkylation sites (tertiary alicyclic amines) is 1. The second-order valence-electron chi connectivity index (χ2n) is 4.66. The maximum Gasteiger partial charge on any atom is 0.416 e. The lowest BCUT2D eigenvalue weighted by Crippen LogP contribution is -2.41. The van der Waals surface area contributed by atoms with Crippen molar-refractivity contribution in [3.63, 3.8) is 0 Å². The van der Waals surface area contributed by atoms with Crippen molar-refractivity contribution >= 4 is 17.3 Å². The summed E-state index contributed by atoms with van der Waals surface area (Å²) in [7, 11) is 0. The van der Waals surface area contributed by atoms with Gasteiger partial charge in [0.25, 0.3) is 0 Å². The molecule has 1 aliphatic heterocycles. The number of hydrogen-bond donors (Lipinski definition) is 1. The van der Waals surface area contributed by atoms with Crippen molar-refractivity contribution in [1.29, 1.82) is 0 Å². The van der Waals surface area contributed by atoms with E-state index in [0.717, 1.165) is 43.5 Å². The van der Waals surface area contributed by atoms with Crippen LogP contribution in [0.2, 0.25) is 0 Å². The van der Waals surface area contributed by atoms with E-state index in [0.29, 0.717) is 5.11 Å². The van der Waals surface area contributed by atoms with Crippen LogP contribution in [-0.4, -0.2) is 16.6 Å². The zero-order chi connectivity index (χ0) is 14.0. The third-order valence-corrected chi connectivity index (χ3v) is 3.64. The minimum absolute atomic E-state index is 0.00599. The van der Waals surface area contributed by atoms with E-state index in [9.17, 15) is 13.2 Å². The first-order valence-electron chi connectivity index (χ1n) is 6.13. The topological polar surface area (TPSA) is 29.3 Å². The molecule has 0 radical (unpaired) electrons. The van der Waals surface area contributed by atoms with Crippen LogP contribution in [0.4, 0.5) is 13.2 Å². The smallest absolute Gasteiger partial charge is 0.376 e. The quantitative estimate of drug-likeness (QED) is 0.802. The van der Waals surface area contributed by atoms with Crippen molar-refractivity contribution in [2.45, 2.75) is 31.5 Å². The highest BCUT2D eigenvalue weighted by molar-refractivity contribution is 7.80. The highest BCUT2D eigenvalue weighted by atomic mass is 32.1. The van der Waals surface area contributed by atoms with Crippen molar-refractivity contribution < 1.29 is 13.2 Å². The molecule has 6 heteroatoms. The molecule has 1 unspecified atom stereocenters. The highest BCUT2D eigenvalue weighted by Crippen LogP contribution is 2.34. The molecule has 0 bridgehead atoms. The number of thiocarbonyl (C=S) groups is 1. The lowest BCUT2D eigenvalue weighted by Gasteiger charge is -2.36. The molecule has 2 N–H and O–H groups in total. The molecular formula is C13H15F3N2S. The van der Waals surface area contributed by atoms with E-state index in [4.69, 9.17) is 18.0 Å². The molecule has 0 aromatic heterocycles. The van der Waals surface area contributed by atoms with Crippen molar-refractivity contribution in [3.8, 4) is 0 Å². The summed E-state index contributed by atoms with van der Waals surface area (Å²) in [5.74, 6) is 0.